The number of anilines is 1. The van der Waals surface area contributed by atoms with Gasteiger partial charge in [0.2, 0.25) is 5.95 Å². The lowest BCUT2D eigenvalue weighted by atomic mass is 9.75. The van der Waals surface area contributed by atoms with Gasteiger partial charge in [-0.15, -0.1) is 0 Å². The van der Waals surface area contributed by atoms with Gasteiger partial charge in [-0.1, -0.05) is 0 Å². The second-order valence-corrected chi connectivity index (χ2v) is 8.64. The van der Waals surface area contributed by atoms with E-state index in [4.69, 9.17) is 9.90 Å². The van der Waals surface area contributed by atoms with Crippen LogP contribution in [0.5, 0.6) is 0 Å². The highest BCUT2D eigenvalue weighted by atomic mass is 32.1. The van der Waals surface area contributed by atoms with Crippen molar-refractivity contribution in [1.29, 1.82) is 0 Å². The van der Waals surface area contributed by atoms with Crippen LogP contribution in [0, 0.1) is 11.3 Å². The van der Waals surface area contributed by atoms with Crippen molar-refractivity contribution in [3.05, 3.63) is 40.8 Å². The molecule has 32 heavy (non-hydrogen) atoms. The van der Waals surface area contributed by atoms with E-state index in [2.05, 4.69) is 31.7 Å². The Bertz CT molecular complexity index is 913. The average molecular weight is 472 g/mol. The summed E-state index contributed by atoms with van der Waals surface area (Å²) in [6.45, 7) is 3.88. The summed E-state index contributed by atoms with van der Waals surface area (Å²) >= 11 is 1.71. The van der Waals surface area contributed by atoms with Gasteiger partial charge in [0.25, 0.3) is 0 Å². The van der Waals surface area contributed by atoms with Gasteiger partial charge in [0.15, 0.2) is 0 Å². The molecule has 2 aliphatic rings. The van der Waals surface area contributed by atoms with Gasteiger partial charge in [0.1, 0.15) is 0 Å². The average Bonchev–Trinajstić information content (AvgIpc) is 3.34. The van der Waals surface area contributed by atoms with Crippen LogP contribution in [0.4, 0.5) is 19.1 Å². The highest BCUT2D eigenvalue weighted by molar-refractivity contribution is 7.07. The summed E-state index contributed by atoms with van der Waals surface area (Å²) in [5.74, 6) is -2.70. The zero-order chi connectivity index (χ0) is 23.4. The SMILES string of the molecule is O=C(O)C(F)(F)F.O=C(O)[C@]12CCCN(Cc3ccsc3)C[C@H]1CN(c1ncccn1)C2. The highest BCUT2D eigenvalue weighted by Gasteiger charge is 2.53. The molecule has 12 heteroatoms. The number of rotatable bonds is 4. The highest BCUT2D eigenvalue weighted by Crippen LogP contribution is 2.44. The maximum atomic E-state index is 12.2. The van der Waals surface area contributed by atoms with E-state index >= 15 is 0 Å². The van der Waals surface area contributed by atoms with Crippen molar-refractivity contribution in [3.8, 4) is 0 Å². The number of hydrogen-bond donors (Lipinski definition) is 2. The molecule has 4 heterocycles. The number of carboxylic acids is 2. The molecule has 0 radical (unpaired) electrons. The molecule has 0 aromatic carbocycles. The minimum Gasteiger partial charge on any atom is -0.481 e. The topological polar surface area (TPSA) is 107 Å². The van der Waals surface area contributed by atoms with Crippen molar-refractivity contribution in [3.63, 3.8) is 0 Å². The van der Waals surface area contributed by atoms with Crippen molar-refractivity contribution >= 4 is 29.2 Å². The van der Waals surface area contributed by atoms with Crippen LogP contribution in [0.15, 0.2) is 35.3 Å². The molecule has 0 bridgehead atoms. The molecule has 0 saturated carbocycles. The number of nitrogens with zero attached hydrogens (tertiary/aromatic N) is 4. The number of carboxylic acid groups (broad SMARTS) is 2. The molecule has 4 rings (SSSR count). The number of aromatic nitrogens is 2. The van der Waals surface area contributed by atoms with Gasteiger partial charge in [-0.25, -0.2) is 14.8 Å². The van der Waals surface area contributed by atoms with Gasteiger partial charge < -0.3 is 15.1 Å². The van der Waals surface area contributed by atoms with Gasteiger partial charge in [0.05, 0.1) is 5.41 Å². The van der Waals surface area contributed by atoms with E-state index in [0.717, 1.165) is 32.5 Å². The Kier molecular flexibility index (Phi) is 7.34. The second kappa shape index (κ2) is 9.82. The number of carbonyl (C=O) groups is 2. The minimum absolute atomic E-state index is 0.0925. The quantitative estimate of drug-likeness (QED) is 0.700. The van der Waals surface area contributed by atoms with E-state index in [1.807, 2.05) is 4.90 Å². The second-order valence-electron chi connectivity index (χ2n) is 7.86. The molecule has 2 fully saturated rings. The van der Waals surface area contributed by atoms with Crippen molar-refractivity contribution in [2.75, 3.05) is 31.1 Å². The predicted molar refractivity (Wildman–Crippen MR) is 110 cm³/mol. The molecule has 2 aliphatic heterocycles. The summed E-state index contributed by atoms with van der Waals surface area (Å²) in [5, 5.41) is 21.4. The maximum Gasteiger partial charge on any atom is 0.490 e. The number of halogens is 3. The van der Waals surface area contributed by atoms with E-state index in [0.29, 0.717) is 19.0 Å². The number of hydrogen-bond acceptors (Lipinski definition) is 7. The summed E-state index contributed by atoms with van der Waals surface area (Å²) < 4.78 is 31.7. The molecule has 0 amide bonds. The third-order valence-electron chi connectivity index (χ3n) is 5.76. The summed E-state index contributed by atoms with van der Waals surface area (Å²) in [7, 11) is 0. The Balaban J connectivity index is 0.000000360. The van der Waals surface area contributed by atoms with E-state index in [9.17, 15) is 23.1 Å². The summed E-state index contributed by atoms with van der Waals surface area (Å²) in [5.41, 5.74) is 0.622. The Morgan fingerprint density at radius 3 is 2.47 bits per heavy atom. The van der Waals surface area contributed by atoms with Crippen LogP contribution in [-0.4, -0.2) is 69.4 Å². The molecule has 2 saturated heterocycles. The fourth-order valence-electron chi connectivity index (χ4n) is 4.25. The Labute approximate surface area is 186 Å². The number of likely N-dealkylation sites (tertiary alicyclic amines) is 1. The van der Waals surface area contributed by atoms with Gasteiger partial charge in [-0.3, -0.25) is 9.69 Å². The molecular weight excluding hydrogens is 449 g/mol. The first-order chi connectivity index (χ1) is 15.1. The molecule has 0 unspecified atom stereocenters. The zero-order valence-corrected chi connectivity index (χ0v) is 17.8. The van der Waals surface area contributed by atoms with E-state index in [-0.39, 0.29) is 5.92 Å². The summed E-state index contributed by atoms with van der Waals surface area (Å²) in [6, 6.07) is 3.94. The van der Waals surface area contributed by atoms with Crippen LogP contribution in [0.3, 0.4) is 0 Å². The van der Waals surface area contributed by atoms with Crippen molar-refractivity contribution in [1.82, 2.24) is 14.9 Å². The van der Waals surface area contributed by atoms with Crippen molar-refractivity contribution in [2.45, 2.75) is 25.6 Å². The molecule has 2 aromatic heterocycles. The largest absolute Gasteiger partial charge is 0.490 e. The van der Waals surface area contributed by atoms with Gasteiger partial charge in [0, 0.05) is 44.5 Å². The van der Waals surface area contributed by atoms with Crippen LogP contribution in [-0.2, 0) is 16.1 Å². The zero-order valence-electron chi connectivity index (χ0n) is 17.0. The molecule has 2 aromatic rings. The first kappa shape index (κ1) is 23.9. The summed E-state index contributed by atoms with van der Waals surface area (Å²) in [4.78, 5) is 34.2. The number of aliphatic carboxylic acids is 2. The fourth-order valence-corrected chi connectivity index (χ4v) is 4.91. The Morgan fingerprint density at radius 2 is 1.91 bits per heavy atom. The molecule has 0 aliphatic carbocycles. The molecule has 0 spiro atoms. The number of thiophene rings is 1. The van der Waals surface area contributed by atoms with Gasteiger partial charge in [-0.05, 0) is 47.8 Å². The maximum absolute atomic E-state index is 12.2. The third kappa shape index (κ3) is 5.54. The van der Waals surface area contributed by atoms with Crippen molar-refractivity contribution in [2.24, 2.45) is 11.3 Å². The standard InChI is InChI=1S/C18H22N4O2S.C2HF3O2/c23-16(24)18-4-1-7-21(9-14-3-8-25-12-14)10-15(18)11-22(13-18)17-19-5-2-6-20-17;3-2(4,5)1(6)7/h2-3,5-6,8,12,15H,1,4,7,9-11,13H2,(H,23,24);(H,6,7)/t15-,18-;/m0./s1. The third-order valence-corrected chi connectivity index (χ3v) is 6.49. The fraction of sp³-hybridized carbons (Fsp3) is 0.500. The van der Waals surface area contributed by atoms with E-state index in [1.54, 1.807) is 29.8 Å². The van der Waals surface area contributed by atoms with Crippen molar-refractivity contribution < 1.29 is 33.0 Å². The van der Waals surface area contributed by atoms with E-state index in [1.165, 1.54) is 5.56 Å². The van der Waals surface area contributed by atoms with Gasteiger partial charge in [-0.2, -0.15) is 24.5 Å². The van der Waals surface area contributed by atoms with Crippen LogP contribution in [0.25, 0.3) is 0 Å². The molecular formula is C20H23F3N4O4S. The molecule has 2 N–H and O–H groups in total. The molecule has 8 nitrogen and oxygen atoms in total. The molecule has 2 atom stereocenters. The number of fused-ring (bicyclic) bond motifs is 1. The Hall–Kier alpha value is -2.73. The first-order valence-electron chi connectivity index (χ1n) is 9.91. The van der Waals surface area contributed by atoms with Crippen LogP contribution in [0.2, 0.25) is 0 Å². The van der Waals surface area contributed by atoms with Crippen LogP contribution in [0.1, 0.15) is 18.4 Å². The lowest BCUT2D eigenvalue weighted by molar-refractivity contribution is -0.192. The lowest BCUT2D eigenvalue weighted by Gasteiger charge is -2.29. The van der Waals surface area contributed by atoms with Crippen LogP contribution < -0.4 is 4.90 Å². The van der Waals surface area contributed by atoms with Gasteiger partial charge >= 0.3 is 18.1 Å². The van der Waals surface area contributed by atoms with Crippen LogP contribution >= 0.6 is 11.3 Å². The lowest BCUT2D eigenvalue weighted by Crippen LogP contribution is -2.41. The summed E-state index contributed by atoms with van der Waals surface area (Å²) in [6.07, 6.45) is -0.0212. The minimum atomic E-state index is -5.08. The Morgan fingerprint density at radius 1 is 1.22 bits per heavy atom. The predicted octanol–water partition coefficient (Wildman–Crippen LogP) is 2.97. The van der Waals surface area contributed by atoms with E-state index < -0.39 is 23.5 Å². The first-order valence-corrected chi connectivity index (χ1v) is 10.8. The monoisotopic (exact) mass is 472 g/mol. The number of alkyl halides is 3. The molecule has 174 valence electrons. The smallest absolute Gasteiger partial charge is 0.481 e. The normalized spacial score (nSPS) is 23.6.